The van der Waals surface area contributed by atoms with E-state index in [0.29, 0.717) is 23.5 Å². The molecular formula is C23H20Cl2N2O3. The lowest BCUT2D eigenvalue weighted by Crippen LogP contribution is -2.49. The number of carbonyl (C=O) groups excluding carboxylic acids is 1. The van der Waals surface area contributed by atoms with Crippen molar-refractivity contribution in [2.75, 3.05) is 32.7 Å². The second kappa shape index (κ2) is 9.04. The van der Waals surface area contributed by atoms with Crippen molar-refractivity contribution in [3.63, 3.8) is 0 Å². The van der Waals surface area contributed by atoms with E-state index >= 15 is 0 Å². The third-order valence-electron chi connectivity index (χ3n) is 5.12. The fourth-order valence-electron chi connectivity index (χ4n) is 3.51. The van der Waals surface area contributed by atoms with E-state index < -0.39 is 5.63 Å². The van der Waals surface area contributed by atoms with Crippen LogP contribution in [0.25, 0.3) is 17.0 Å². The van der Waals surface area contributed by atoms with Gasteiger partial charge in [0.25, 0.3) is 5.91 Å². The molecule has 0 atom stereocenters. The van der Waals surface area contributed by atoms with Gasteiger partial charge in [-0.05, 0) is 23.8 Å². The van der Waals surface area contributed by atoms with Gasteiger partial charge in [0.05, 0.1) is 5.02 Å². The van der Waals surface area contributed by atoms with Gasteiger partial charge in [0.2, 0.25) is 0 Å². The first-order chi connectivity index (χ1) is 14.5. The zero-order valence-electron chi connectivity index (χ0n) is 16.2. The molecule has 3 aromatic rings. The Morgan fingerprint density at radius 1 is 1.03 bits per heavy atom. The molecule has 0 bridgehead atoms. The van der Waals surface area contributed by atoms with E-state index in [1.54, 1.807) is 11.0 Å². The van der Waals surface area contributed by atoms with Crippen molar-refractivity contribution >= 4 is 46.2 Å². The maximum atomic E-state index is 12.9. The van der Waals surface area contributed by atoms with Crippen LogP contribution in [-0.4, -0.2) is 48.4 Å². The molecule has 0 unspecified atom stereocenters. The second-order valence-electron chi connectivity index (χ2n) is 7.16. The molecule has 0 radical (unpaired) electrons. The molecule has 4 rings (SSSR count). The molecule has 0 aliphatic carbocycles. The lowest BCUT2D eigenvalue weighted by Gasteiger charge is -2.34. The summed E-state index contributed by atoms with van der Waals surface area (Å²) in [5.41, 5.74) is 0.704. The molecule has 1 aliphatic rings. The lowest BCUT2D eigenvalue weighted by atomic mass is 10.1. The number of nitrogens with zero attached hydrogens (tertiary/aromatic N) is 2. The van der Waals surface area contributed by atoms with E-state index in [1.165, 1.54) is 12.1 Å². The van der Waals surface area contributed by atoms with Crippen LogP contribution in [0.3, 0.4) is 0 Å². The van der Waals surface area contributed by atoms with Crippen molar-refractivity contribution in [2.45, 2.75) is 0 Å². The zero-order chi connectivity index (χ0) is 21.1. The smallest absolute Gasteiger partial charge is 0.349 e. The number of halogens is 2. The van der Waals surface area contributed by atoms with Gasteiger partial charge in [-0.3, -0.25) is 9.69 Å². The summed E-state index contributed by atoms with van der Waals surface area (Å²) in [5.74, 6) is -0.332. The van der Waals surface area contributed by atoms with E-state index in [-0.39, 0.29) is 22.1 Å². The highest BCUT2D eigenvalue weighted by Crippen LogP contribution is 2.27. The number of carbonyl (C=O) groups is 1. The van der Waals surface area contributed by atoms with Crippen LogP contribution >= 0.6 is 23.2 Å². The normalized spacial score (nSPS) is 15.2. The first-order valence-corrected chi connectivity index (χ1v) is 10.4. The third kappa shape index (κ3) is 4.59. The zero-order valence-corrected chi connectivity index (χ0v) is 17.7. The molecule has 1 aliphatic heterocycles. The first-order valence-electron chi connectivity index (χ1n) is 9.67. The highest BCUT2D eigenvalue weighted by atomic mass is 35.5. The molecule has 2 aromatic carbocycles. The molecule has 154 valence electrons. The Morgan fingerprint density at radius 2 is 1.77 bits per heavy atom. The molecule has 0 N–H and O–H groups in total. The average molecular weight is 443 g/mol. The monoisotopic (exact) mass is 442 g/mol. The number of benzene rings is 2. The molecular weight excluding hydrogens is 423 g/mol. The Bertz CT molecular complexity index is 1150. The summed E-state index contributed by atoms with van der Waals surface area (Å²) in [5, 5.41) is 1.18. The number of piperazine rings is 1. The Hall–Kier alpha value is -2.60. The third-order valence-corrected chi connectivity index (χ3v) is 5.61. The summed E-state index contributed by atoms with van der Waals surface area (Å²) in [4.78, 5) is 29.2. The Kier molecular flexibility index (Phi) is 6.23. The number of rotatable bonds is 4. The summed E-state index contributed by atoms with van der Waals surface area (Å²) in [6, 6.07) is 14.8. The summed E-state index contributed by atoms with van der Waals surface area (Å²) >= 11 is 12.1. The van der Waals surface area contributed by atoms with Gasteiger partial charge in [0, 0.05) is 43.1 Å². The number of amides is 1. The van der Waals surface area contributed by atoms with E-state index in [2.05, 4.69) is 29.2 Å². The van der Waals surface area contributed by atoms with Gasteiger partial charge in [0.1, 0.15) is 5.56 Å². The van der Waals surface area contributed by atoms with Crippen molar-refractivity contribution < 1.29 is 9.21 Å². The highest BCUT2D eigenvalue weighted by molar-refractivity contribution is 6.38. The van der Waals surface area contributed by atoms with Gasteiger partial charge < -0.3 is 9.32 Å². The summed E-state index contributed by atoms with van der Waals surface area (Å²) in [7, 11) is 0. The van der Waals surface area contributed by atoms with Crippen molar-refractivity contribution in [1.29, 1.82) is 0 Å². The van der Waals surface area contributed by atoms with E-state index in [0.717, 1.165) is 25.2 Å². The van der Waals surface area contributed by atoms with Crippen molar-refractivity contribution in [2.24, 2.45) is 0 Å². The minimum absolute atomic E-state index is 0.00161. The van der Waals surface area contributed by atoms with Crippen molar-refractivity contribution in [3.05, 3.63) is 86.2 Å². The number of fused-ring (bicyclic) bond motifs is 1. The molecule has 1 amide bonds. The predicted octanol–water partition coefficient (Wildman–Crippen LogP) is 4.57. The molecule has 7 heteroatoms. The number of hydrogen-bond acceptors (Lipinski definition) is 4. The minimum Gasteiger partial charge on any atom is -0.421 e. The van der Waals surface area contributed by atoms with Crippen LogP contribution in [0.2, 0.25) is 10.0 Å². The van der Waals surface area contributed by atoms with Gasteiger partial charge in [0.15, 0.2) is 5.58 Å². The molecule has 1 saturated heterocycles. The molecule has 0 spiro atoms. The maximum absolute atomic E-state index is 12.9. The van der Waals surface area contributed by atoms with Gasteiger partial charge in [-0.15, -0.1) is 0 Å². The Labute approximate surface area is 184 Å². The SMILES string of the molecule is O=C(c1cc2cc(Cl)cc(Cl)c2oc1=O)N1CCN(C/C=C/c2ccccc2)CC1. The topological polar surface area (TPSA) is 53.8 Å². The van der Waals surface area contributed by atoms with Crippen LogP contribution in [0.5, 0.6) is 0 Å². The van der Waals surface area contributed by atoms with Crippen LogP contribution in [-0.2, 0) is 0 Å². The summed E-state index contributed by atoms with van der Waals surface area (Å²) < 4.78 is 5.29. The molecule has 5 nitrogen and oxygen atoms in total. The fraction of sp³-hybridized carbons (Fsp3) is 0.217. The fourth-order valence-corrected chi connectivity index (χ4v) is 4.06. The lowest BCUT2D eigenvalue weighted by molar-refractivity contribution is 0.0646. The predicted molar refractivity (Wildman–Crippen MR) is 120 cm³/mol. The molecule has 30 heavy (non-hydrogen) atoms. The van der Waals surface area contributed by atoms with Crippen LogP contribution < -0.4 is 5.63 Å². The highest BCUT2D eigenvalue weighted by Gasteiger charge is 2.25. The molecule has 2 heterocycles. The van der Waals surface area contributed by atoms with Crippen LogP contribution in [0.4, 0.5) is 0 Å². The average Bonchev–Trinajstić information content (AvgIpc) is 2.75. The van der Waals surface area contributed by atoms with Crippen LogP contribution in [0.15, 0.2) is 63.8 Å². The first kappa shape index (κ1) is 20.7. The summed E-state index contributed by atoms with van der Waals surface area (Å²) in [6.07, 6.45) is 4.21. The molecule has 1 aromatic heterocycles. The van der Waals surface area contributed by atoms with Gasteiger partial charge in [-0.25, -0.2) is 4.79 Å². The Balaban J connectivity index is 1.41. The van der Waals surface area contributed by atoms with Gasteiger partial charge >= 0.3 is 5.63 Å². The van der Waals surface area contributed by atoms with E-state index in [4.69, 9.17) is 27.6 Å². The van der Waals surface area contributed by atoms with Gasteiger partial charge in [-0.1, -0.05) is 65.7 Å². The molecule has 1 fully saturated rings. The Morgan fingerprint density at radius 3 is 2.50 bits per heavy atom. The number of hydrogen-bond donors (Lipinski definition) is 0. The summed E-state index contributed by atoms with van der Waals surface area (Å²) in [6.45, 7) is 3.38. The second-order valence-corrected chi connectivity index (χ2v) is 8.00. The largest absolute Gasteiger partial charge is 0.421 e. The van der Waals surface area contributed by atoms with Crippen LogP contribution in [0.1, 0.15) is 15.9 Å². The maximum Gasteiger partial charge on any atom is 0.349 e. The van der Waals surface area contributed by atoms with Crippen molar-refractivity contribution in [3.8, 4) is 0 Å². The quantitative estimate of drug-likeness (QED) is 0.555. The molecule has 0 saturated carbocycles. The van der Waals surface area contributed by atoms with E-state index in [1.807, 2.05) is 18.2 Å². The van der Waals surface area contributed by atoms with Gasteiger partial charge in [-0.2, -0.15) is 0 Å². The minimum atomic E-state index is -0.690. The van der Waals surface area contributed by atoms with Crippen LogP contribution in [0, 0.1) is 0 Å². The van der Waals surface area contributed by atoms with Crippen molar-refractivity contribution in [1.82, 2.24) is 9.80 Å². The standard InChI is InChI=1S/C23H20Cl2N2O3/c24-18-13-17-14-19(23(29)30-21(17)20(25)15-18)22(28)27-11-9-26(10-12-27)8-4-7-16-5-2-1-3-6-16/h1-7,13-15H,8-12H2/b7-4+. The van der Waals surface area contributed by atoms with E-state index in [9.17, 15) is 9.59 Å².